The Kier molecular flexibility index (Phi) is 6.57. The van der Waals surface area contributed by atoms with Crippen molar-refractivity contribution in [2.24, 2.45) is 0 Å². The lowest BCUT2D eigenvalue weighted by Crippen LogP contribution is -2.46. The standard InChI is InChI=1S/C10H15NO6/c1-6(3-4-17-7(2)13)9(14)8(10(15)16)11-5-12/h5,8-9,14H,1,3-4H2,2H3,(H,11,12)(H,15,16). The highest BCUT2D eigenvalue weighted by molar-refractivity contribution is 5.77. The van der Waals surface area contributed by atoms with Gasteiger partial charge in [-0.05, 0) is 5.57 Å². The van der Waals surface area contributed by atoms with Crippen molar-refractivity contribution >= 4 is 18.3 Å². The maximum atomic E-state index is 10.7. The number of aliphatic hydroxyl groups is 1. The van der Waals surface area contributed by atoms with Crippen LogP contribution in [0.3, 0.4) is 0 Å². The fourth-order valence-corrected chi connectivity index (χ4v) is 1.08. The van der Waals surface area contributed by atoms with Crippen LogP contribution in [0.15, 0.2) is 12.2 Å². The van der Waals surface area contributed by atoms with Crippen molar-refractivity contribution in [1.82, 2.24) is 5.32 Å². The van der Waals surface area contributed by atoms with Crippen LogP contribution in [0.2, 0.25) is 0 Å². The van der Waals surface area contributed by atoms with E-state index in [0.29, 0.717) is 0 Å². The van der Waals surface area contributed by atoms with Gasteiger partial charge in [-0.1, -0.05) is 6.58 Å². The molecule has 7 heteroatoms. The third-order valence-corrected chi connectivity index (χ3v) is 1.98. The Balaban J connectivity index is 4.29. The Morgan fingerprint density at radius 3 is 2.53 bits per heavy atom. The summed E-state index contributed by atoms with van der Waals surface area (Å²) >= 11 is 0. The normalized spacial score (nSPS) is 13.3. The lowest BCUT2D eigenvalue weighted by Gasteiger charge is -2.20. The Morgan fingerprint density at radius 1 is 1.53 bits per heavy atom. The number of carboxylic acids is 1. The molecule has 0 radical (unpaired) electrons. The number of amides is 1. The third-order valence-electron chi connectivity index (χ3n) is 1.98. The van der Waals surface area contributed by atoms with Crippen LogP contribution in [0.1, 0.15) is 13.3 Å². The summed E-state index contributed by atoms with van der Waals surface area (Å²) in [4.78, 5) is 31.3. The molecule has 1 amide bonds. The van der Waals surface area contributed by atoms with E-state index < -0.39 is 24.1 Å². The highest BCUT2D eigenvalue weighted by Crippen LogP contribution is 2.09. The van der Waals surface area contributed by atoms with Crippen molar-refractivity contribution < 1.29 is 29.3 Å². The molecule has 0 spiro atoms. The molecule has 0 aromatic carbocycles. The second kappa shape index (κ2) is 7.39. The predicted octanol–water partition coefficient (Wildman–Crippen LogP) is -0.944. The number of esters is 1. The number of hydrogen-bond acceptors (Lipinski definition) is 5. The van der Waals surface area contributed by atoms with Crippen LogP contribution < -0.4 is 5.32 Å². The molecule has 7 nitrogen and oxygen atoms in total. The third kappa shape index (κ3) is 5.67. The predicted molar refractivity (Wildman–Crippen MR) is 57.0 cm³/mol. The van der Waals surface area contributed by atoms with Crippen molar-refractivity contribution in [2.75, 3.05) is 6.61 Å². The summed E-state index contributed by atoms with van der Waals surface area (Å²) < 4.78 is 4.61. The maximum absolute atomic E-state index is 10.7. The number of carboxylic acid groups (broad SMARTS) is 1. The van der Waals surface area contributed by atoms with Gasteiger partial charge in [0.05, 0.1) is 6.61 Å². The SMILES string of the molecule is C=C(CCOC(C)=O)C(O)C(NC=O)C(=O)O. The van der Waals surface area contributed by atoms with Crippen LogP contribution in [0.4, 0.5) is 0 Å². The summed E-state index contributed by atoms with van der Waals surface area (Å²) in [6, 6.07) is -1.46. The van der Waals surface area contributed by atoms with E-state index in [1.54, 1.807) is 0 Å². The average Bonchev–Trinajstić information content (AvgIpc) is 2.23. The zero-order chi connectivity index (χ0) is 13.4. The molecule has 0 aliphatic rings. The number of aliphatic hydroxyl groups excluding tert-OH is 1. The summed E-state index contributed by atoms with van der Waals surface area (Å²) in [7, 11) is 0. The Hall–Kier alpha value is -1.89. The summed E-state index contributed by atoms with van der Waals surface area (Å²) in [5, 5.41) is 20.3. The molecule has 0 saturated heterocycles. The Labute approximate surface area is 98.1 Å². The van der Waals surface area contributed by atoms with Gasteiger partial charge in [-0.3, -0.25) is 9.59 Å². The van der Waals surface area contributed by atoms with Gasteiger partial charge in [0.2, 0.25) is 6.41 Å². The van der Waals surface area contributed by atoms with Gasteiger partial charge in [0.1, 0.15) is 6.10 Å². The van der Waals surface area contributed by atoms with Crippen molar-refractivity contribution in [3.8, 4) is 0 Å². The smallest absolute Gasteiger partial charge is 0.329 e. The Bertz CT molecular complexity index is 314. The molecule has 0 saturated carbocycles. The van der Waals surface area contributed by atoms with Crippen molar-refractivity contribution in [2.45, 2.75) is 25.5 Å². The molecule has 2 unspecified atom stereocenters. The summed E-state index contributed by atoms with van der Waals surface area (Å²) in [5.74, 6) is -1.86. The number of aliphatic carboxylic acids is 1. The largest absolute Gasteiger partial charge is 0.480 e. The van der Waals surface area contributed by atoms with E-state index in [0.717, 1.165) is 0 Å². The number of hydrogen-bond donors (Lipinski definition) is 3. The minimum atomic E-state index is -1.46. The van der Waals surface area contributed by atoms with E-state index in [2.05, 4.69) is 11.3 Å². The second-order valence-corrected chi connectivity index (χ2v) is 3.29. The minimum absolute atomic E-state index is 0.00133. The first-order valence-electron chi connectivity index (χ1n) is 4.81. The molecule has 2 atom stereocenters. The Morgan fingerprint density at radius 2 is 2.12 bits per heavy atom. The van der Waals surface area contributed by atoms with E-state index in [1.807, 2.05) is 5.32 Å². The molecule has 0 aliphatic carbocycles. The molecule has 0 bridgehead atoms. The molecular formula is C10H15NO6. The van der Waals surface area contributed by atoms with E-state index in [4.69, 9.17) is 5.11 Å². The number of carbonyl (C=O) groups is 3. The first-order chi connectivity index (χ1) is 7.90. The van der Waals surface area contributed by atoms with Gasteiger partial charge in [0, 0.05) is 13.3 Å². The molecule has 0 rings (SSSR count). The van der Waals surface area contributed by atoms with E-state index in [1.165, 1.54) is 6.92 Å². The van der Waals surface area contributed by atoms with Gasteiger partial charge in [-0.15, -0.1) is 0 Å². The maximum Gasteiger partial charge on any atom is 0.329 e. The van der Waals surface area contributed by atoms with E-state index in [-0.39, 0.29) is 25.0 Å². The van der Waals surface area contributed by atoms with Crippen LogP contribution in [0.25, 0.3) is 0 Å². The highest BCUT2D eigenvalue weighted by atomic mass is 16.5. The summed E-state index contributed by atoms with van der Waals surface area (Å²) in [5.41, 5.74) is 0.160. The number of ether oxygens (including phenoxy) is 1. The highest BCUT2D eigenvalue weighted by Gasteiger charge is 2.27. The molecule has 96 valence electrons. The van der Waals surface area contributed by atoms with Crippen molar-refractivity contribution in [3.05, 3.63) is 12.2 Å². The van der Waals surface area contributed by atoms with Gasteiger partial charge in [-0.25, -0.2) is 4.79 Å². The zero-order valence-electron chi connectivity index (χ0n) is 9.38. The molecule has 0 aliphatic heterocycles. The lowest BCUT2D eigenvalue weighted by molar-refractivity contribution is -0.143. The average molecular weight is 245 g/mol. The van der Waals surface area contributed by atoms with Gasteiger partial charge in [0.15, 0.2) is 6.04 Å². The van der Waals surface area contributed by atoms with Gasteiger partial charge >= 0.3 is 11.9 Å². The molecule has 0 aromatic heterocycles. The zero-order valence-corrected chi connectivity index (χ0v) is 9.38. The number of carbonyl (C=O) groups excluding carboxylic acids is 2. The van der Waals surface area contributed by atoms with Gasteiger partial charge < -0.3 is 20.3 Å². The van der Waals surface area contributed by atoms with E-state index in [9.17, 15) is 19.5 Å². The van der Waals surface area contributed by atoms with E-state index >= 15 is 0 Å². The van der Waals surface area contributed by atoms with Gasteiger partial charge in [0.25, 0.3) is 0 Å². The van der Waals surface area contributed by atoms with Crippen molar-refractivity contribution in [3.63, 3.8) is 0 Å². The topological polar surface area (TPSA) is 113 Å². The molecule has 3 N–H and O–H groups in total. The van der Waals surface area contributed by atoms with Crippen LogP contribution >= 0.6 is 0 Å². The monoisotopic (exact) mass is 245 g/mol. The fourth-order valence-electron chi connectivity index (χ4n) is 1.08. The van der Waals surface area contributed by atoms with Crippen LogP contribution in [-0.4, -0.2) is 47.3 Å². The second-order valence-electron chi connectivity index (χ2n) is 3.29. The number of rotatable bonds is 8. The number of nitrogens with one attached hydrogen (secondary N) is 1. The molecule has 0 fully saturated rings. The summed E-state index contributed by atoms with van der Waals surface area (Å²) in [6.45, 7) is 4.70. The van der Waals surface area contributed by atoms with Crippen LogP contribution in [0, 0.1) is 0 Å². The minimum Gasteiger partial charge on any atom is -0.480 e. The van der Waals surface area contributed by atoms with Crippen molar-refractivity contribution in [1.29, 1.82) is 0 Å². The fraction of sp³-hybridized carbons (Fsp3) is 0.500. The summed E-state index contributed by atoms with van der Waals surface area (Å²) in [6.07, 6.45) is -1.14. The molecule has 0 aromatic rings. The first kappa shape index (κ1) is 15.1. The van der Waals surface area contributed by atoms with Crippen LogP contribution in [0.5, 0.6) is 0 Å². The lowest BCUT2D eigenvalue weighted by atomic mass is 10.0. The molecule has 17 heavy (non-hydrogen) atoms. The molecule has 0 heterocycles. The first-order valence-corrected chi connectivity index (χ1v) is 4.81. The van der Waals surface area contributed by atoms with Gasteiger partial charge in [-0.2, -0.15) is 0 Å². The molecular weight excluding hydrogens is 230 g/mol. The quantitative estimate of drug-likeness (QED) is 0.289. The van der Waals surface area contributed by atoms with Crippen LogP contribution in [-0.2, 0) is 19.1 Å².